The number of carbonyl (C=O) groups excluding carboxylic acids is 2. The highest BCUT2D eigenvalue weighted by Gasteiger charge is 2.16. The van der Waals surface area contributed by atoms with E-state index in [1.807, 2.05) is 6.07 Å². The first kappa shape index (κ1) is 18.1. The number of carbonyl (C=O) groups is 2. The number of halogens is 2. The summed E-state index contributed by atoms with van der Waals surface area (Å²) in [5.41, 5.74) is 0.281. The predicted molar refractivity (Wildman–Crippen MR) is 94.0 cm³/mol. The molecule has 0 aliphatic rings. The number of para-hydroxylation sites is 1. The molecule has 2 N–H and O–H groups in total. The first-order valence-electron chi connectivity index (χ1n) is 7.93. The molecule has 3 aromatic rings. The number of nitrogens with one attached hydrogen (secondary N) is 2. The normalized spacial score (nSPS) is 10.3. The monoisotopic (exact) mass is 368 g/mol. The van der Waals surface area contributed by atoms with E-state index in [0.717, 1.165) is 17.7 Å². The Kier molecular flexibility index (Phi) is 5.46. The molecule has 0 aliphatic heterocycles. The summed E-state index contributed by atoms with van der Waals surface area (Å²) in [6, 6.07) is 9.46. The van der Waals surface area contributed by atoms with Crippen molar-refractivity contribution < 1.29 is 18.4 Å². The van der Waals surface area contributed by atoms with Crippen LogP contribution in [0.3, 0.4) is 0 Å². The van der Waals surface area contributed by atoms with E-state index in [4.69, 9.17) is 0 Å². The van der Waals surface area contributed by atoms with E-state index >= 15 is 0 Å². The number of anilines is 1. The van der Waals surface area contributed by atoms with Gasteiger partial charge in [0.25, 0.3) is 11.8 Å². The lowest BCUT2D eigenvalue weighted by molar-refractivity contribution is 0.0950. The van der Waals surface area contributed by atoms with Gasteiger partial charge in [0, 0.05) is 30.7 Å². The summed E-state index contributed by atoms with van der Waals surface area (Å²) in [5.74, 6) is -3.07. The molecule has 1 aromatic carbocycles. The Bertz CT molecular complexity index is 960. The SMILES string of the molecule is O=C(NCc1cccnc1)c1ccnc(C(=O)Nc2c(F)cccc2F)c1. The van der Waals surface area contributed by atoms with E-state index in [1.54, 1.807) is 18.5 Å². The molecular formula is C19H14F2N4O2. The van der Waals surface area contributed by atoms with Crippen LogP contribution in [0.2, 0.25) is 0 Å². The lowest BCUT2D eigenvalue weighted by atomic mass is 10.2. The number of hydrogen-bond donors (Lipinski definition) is 2. The van der Waals surface area contributed by atoms with Gasteiger partial charge in [0.15, 0.2) is 0 Å². The molecule has 0 bridgehead atoms. The Balaban J connectivity index is 1.71. The number of benzene rings is 1. The number of rotatable bonds is 5. The van der Waals surface area contributed by atoms with Crippen LogP contribution in [0.15, 0.2) is 61.1 Å². The van der Waals surface area contributed by atoms with Crippen LogP contribution in [-0.4, -0.2) is 21.8 Å². The molecule has 0 spiro atoms. The average molecular weight is 368 g/mol. The van der Waals surface area contributed by atoms with Crippen LogP contribution in [0.1, 0.15) is 26.4 Å². The van der Waals surface area contributed by atoms with Crippen molar-refractivity contribution in [3.05, 3.63) is 89.5 Å². The molecule has 6 nitrogen and oxygen atoms in total. The van der Waals surface area contributed by atoms with Gasteiger partial charge in [-0.3, -0.25) is 19.6 Å². The molecule has 0 unspecified atom stereocenters. The van der Waals surface area contributed by atoms with Crippen molar-refractivity contribution in [1.29, 1.82) is 0 Å². The molecule has 2 amide bonds. The van der Waals surface area contributed by atoms with Crippen LogP contribution in [0.25, 0.3) is 0 Å². The lowest BCUT2D eigenvalue weighted by Gasteiger charge is -2.08. The van der Waals surface area contributed by atoms with E-state index in [2.05, 4.69) is 20.6 Å². The van der Waals surface area contributed by atoms with Gasteiger partial charge in [0.1, 0.15) is 23.0 Å². The molecule has 0 fully saturated rings. The highest BCUT2D eigenvalue weighted by atomic mass is 19.1. The average Bonchev–Trinajstić information content (AvgIpc) is 2.70. The molecule has 3 rings (SSSR count). The first-order valence-corrected chi connectivity index (χ1v) is 7.93. The van der Waals surface area contributed by atoms with Gasteiger partial charge >= 0.3 is 0 Å². The fraction of sp³-hybridized carbons (Fsp3) is 0.0526. The quantitative estimate of drug-likeness (QED) is 0.725. The van der Waals surface area contributed by atoms with Crippen molar-refractivity contribution in [3.63, 3.8) is 0 Å². The molecule has 8 heteroatoms. The van der Waals surface area contributed by atoms with E-state index in [9.17, 15) is 18.4 Å². The Labute approximate surface area is 153 Å². The van der Waals surface area contributed by atoms with Gasteiger partial charge in [-0.1, -0.05) is 12.1 Å². The molecule has 136 valence electrons. The van der Waals surface area contributed by atoms with Crippen LogP contribution in [0.5, 0.6) is 0 Å². The third-order valence-corrected chi connectivity index (χ3v) is 3.63. The fourth-order valence-electron chi connectivity index (χ4n) is 2.28. The zero-order valence-electron chi connectivity index (χ0n) is 13.9. The number of amides is 2. The minimum atomic E-state index is -0.909. The van der Waals surface area contributed by atoms with Crippen LogP contribution in [-0.2, 0) is 6.54 Å². The maximum atomic E-state index is 13.7. The van der Waals surface area contributed by atoms with Crippen LogP contribution >= 0.6 is 0 Å². The minimum absolute atomic E-state index is 0.147. The highest BCUT2D eigenvalue weighted by molar-refractivity contribution is 6.04. The molecule has 0 aliphatic carbocycles. The topological polar surface area (TPSA) is 84.0 Å². The highest BCUT2D eigenvalue weighted by Crippen LogP contribution is 2.18. The van der Waals surface area contributed by atoms with Gasteiger partial charge in [0.2, 0.25) is 0 Å². The number of pyridine rings is 2. The molecule has 0 atom stereocenters. The molecule has 2 aromatic heterocycles. The van der Waals surface area contributed by atoms with Crippen LogP contribution in [0, 0.1) is 11.6 Å². The first-order chi connectivity index (χ1) is 13.0. The van der Waals surface area contributed by atoms with Gasteiger partial charge in [-0.15, -0.1) is 0 Å². The molecular weight excluding hydrogens is 354 g/mol. The molecule has 2 heterocycles. The second-order valence-corrected chi connectivity index (χ2v) is 5.52. The zero-order chi connectivity index (χ0) is 19.2. The van der Waals surface area contributed by atoms with E-state index < -0.39 is 29.1 Å². The minimum Gasteiger partial charge on any atom is -0.348 e. The maximum Gasteiger partial charge on any atom is 0.274 e. The summed E-state index contributed by atoms with van der Waals surface area (Å²) in [6.45, 7) is 0.261. The van der Waals surface area contributed by atoms with E-state index in [1.165, 1.54) is 24.4 Å². The third kappa shape index (κ3) is 4.49. The van der Waals surface area contributed by atoms with Crippen molar-refractivity contribution >= 4 is 17.5 Å². The van der Waals surface area contributed by atoms with Crippen LogP contribution in [0.4, 0.5) is 14.5 Å². The Morgan fingerprint density at radius 3 is 2.44 bits per heavy atom. The summed E-state index contributed by atoms with van der Waals surface area (Å²) >= 11 is 0. The summed E-state index contributed by atoms with van der Waals surface area (Å²) in [5, 5.41) is 4.82. The third-order valence-electron chi connectivity index (χ3n) is 3.63. The number of hydrogen-bond acceptors (Lipinski definition) is 4. The predicted octanol–water partition coefficient (Wildman–Crippen LogP) is 2.94. The standard InChI is InChI=1S/C19H14F2N4O2/c20-14-4-1-5-15(21)17(14)25-19(27)16-9-13(6-8-23-16)18(26)24-11-12-3-2-7-22-10-12/h1-10H,11H2,(H,24,26)(H,25,27). The lowest BCUT2D eigenvalue weighted by Crippen LogP contribution is -2.24. The largest absolute Gasteiger partial charge is 0.348 e. The Morgan fingerprint density at radius 1 is 0.963 bits per heavy atom. The molecule has 27 heavy (non-hydrogen) atoms. The van der Waals surface area contributed by atoms with Crippen molar-refractivity contribution in [2.45, 2.75) is 6.54 Å². The van der Waals surface area contributed by atoms with E-state index in [0.29, 0.717) is 0 Å². The Morgan fingerprint density at radius 2 is 1.74 bits per heavy atom. The van der Waals surface area contributed by atoms with Crippen molar-refractivity contribution in [1.82, 2.24) is 15.3 Å². The van der Waals surface area contributed by atoms with Gasteiger partial charge in [-0.05, 0) is 35.9 Å². The van der Waals surface area contributed by atoms with Gasteiger partial charge in [-0.2, -0.15) is 0 Å². The smallest absolute Gasteiger partial charge is 0.274 e. The summed E-state index contributed by atoms with van der Waals surface area (Å²) < 4.78 is 27.3. The summed E-state index contributed by atoms with van der Waals surface area (Å²) in [6.07, 6.45) is 4.51. The van der Waals surface area contributed by atoms with Crippen molar-refractivity contribution in [2.24, 2.45) is 0 Å². The molecule has 0 saturated heterocycles. The molecule has 0 radical (unpaired) electrons. The number of nitrogens with zero attached hydrogens (tertiary/aromatic N) is 2. The van der Waals surface area contributed by atoms with Crippen molar-refractivity contribution in [2.75, 3.05) is 5.32 Å². The summed E-state index contributed by atoms with van der Waals surface area (Å²) in [4.78, 5) is 32.3. The Hall–Kier alpha value is -3.68. The maximum absolute atomic E-state index is 13.7. The zero-order valence-corrected chi connectivity index (χ0v) is 13.9. The summed E-state index contributed by atoms with van der Waals surface area (Å²) in [7, 11) is 0. The van der Waals surface area contributed by atoms with Gasteiger partial charge in [-0.25, -0.2) is 8.78 Å². The second kappa shape index (κ2) is 8.13. The van der Waals surface area contributed by atoms with Gasteiger partial charge < -0.3 is 10.6 Å². The fourth-order valence-corrected chi connectivity index (χ4v) is 2.28. The number of aromatic nitrogens is 2. The van der Waals surface area contributed by atoms with Crippen LogP contribution < -0.4 is 10.6 Å². The second-order valence-electron chi connectivity index (χ2n) is 5.52. The van der Waals surface area contributed by atoms with Gasteiger partial charge in [0.05, 0.1) is 0 Å². The molecule has 0 saturated carbocycles. The van der Waals surface area contributed by atoms with Crippen molar-refractivity contribution in [3.8, 4) is 0 Å². The van der Waals surface area contributed by atoms with E-state index in [-0.39, 0.29) is 17.8 Å².